The van der Waals surface area contributed by atoms with Crippen molar-refractivity contribution in [1.29, 1.82) is 0 Å². The number of aromatic nitrogens is 4. The minimum Gasteiger partial charge on any atom is -0.364 e. The molecule has 6 rings (SSSR count). The predicted octanol–water partition coefficient (Wildman–Crippen LogP) is 6.53. The lowest BCUT2D eigenvalue weighted by molar-refractivity contribution is -0.137. The van der Waals surface area contributed by atoms with Gasteiger partial charge >= 0.3 is 6.18 Å². The average molecular weight is 507 g/mol. The summed E-state index contributed by atoms with van der Waals surface area (Å²) in [5.74, 6) is 1.16. The summed E-state index contributed by atoms with van der Waals surface area (Å²) in [6.07, 6.45) is 4.18. The molecule has 1 saturated carbocycles. The van der Waals surface area contributed by atoms with Gasteiger partial charge in [-0.15, -0.1) is 0 Å². The lowest BCUT2D eigenvalue weighted by atomic mass is 9.95. The number of nitrogens with one attached hydrogen (secondary N) is 1. The molecule has 0 atom stereocenters. The van der Waals surface area contributed by atoms with Gasteiger partial charge in [-0.25, -0.2) is 4.98 Å². The number of alkyl halides is 3. The van der Waals surface area contributed by atoms with Gasteiger partial charge in [-0.1, -0.05) is 55.7 Å². The molecule has 0 amide bonds. The van der Waals surface area contributed by atoms with Crippen LogP contribution in [0.15, 0.2) is 54.9 Å². The van der Waals surface area contributed by atoms with Crippen molar-refractivity contribution in [3.8, 4) is 0 Å². The topological polar surface area (TPSA) is 58.9 Å². The van der Waals surface area contributed by atoms with Gasteiger partial charge in [0, 0.05) is 25.7 Å². The molecule has 4 aromatic rings. The highest BCUT2D eigenvalue weighted by Crippen LogP contribution is 2.34. The van der Waals surface area contributed by atoms with E-state index in [0.29, 0.717) is 35.4 Å². The molecule has 0 saturated heterocycles. The van der Waals surface area contributed by atoms with Crippen LogP contribution in [0.1, 0.15) is 60.4 Å². The van der Waals surface area contributed by atoms with Gasteiger partial charge in [0.2, 0.25) is 5.95 Å². The highest BCUT2D eigenvalue weighted by Gasteiger charge is 2.30. The molecule has 0 unspecified atom stereocenters. The van der Waals surface area contributed by atoms with Crippen LogP contribution in [-0.2, 0) is 25.7 Å². The Morgan fingerprint density at radius 1 is 0.946 bits per heavy atom. The van der Waals surface area contributed by atoms with Crippen molar-refractivity contribution in [2.24, 2.45) is 0 Å². The van der Waals surface area contributed by atoms with Crippen molar-refractivity contribution < 1.29 is 13.2 Å². The molecule has 2 aromatic heterocycles. The molecule has 0 bridgehead atoms. The summed E-state index contributed by atoms with van der Waals surface area (Å²) in [4.78, 5) is 16.7. The Labute approximate surface area is 213 Å². The summed E-state index contributed by atoms with van der Waals surface area (Å²) in [6, 6.07) is 14.1. The van der Waals surface area contributed by atoms with Gasteiger partial charge in [0.1, 0.15) is 0 Å². The Kier molecular flexibility index (Phi) is 6.22. The van der Waals surface area contributed by atoms with Gasteiger partial charge in [0.25, 0.3) is 0 Å². The number of hydrogen-bond acceptors (Lipinski definition) is 5. The van der Waals surface area contributed by atoms with Crippen LogP contribution in [0.5, 0.6) is 0 Å². The number of rotatable bonds is 5. The molecule has 1 aliphatic carbocycles. The Morgan fingerprint density at radius 2 is 1.76 bits per heavy atom. The first kappa shape index (κ1) is 23.8. The first-order valence-corrected chi connectivity index (χ1v) is 12.9. The number of fused-ring (bicyclic) bond motifs is 2. The van der Waals surface area contributed by atoms with Crippen LogP contribution in [0.2, 0.25) is 0 Å². The van der Waals surface area contributed by atoms with E-state index in [2.05, 4.69) is 38.0 Å². The van der Waals surface area contributed by atoms with Crippen molar-refractivity contribution in [3.05, 3.63) is 77.1 Å². The summed E-state index contributed by atoms with van der Waals surface area (Å²) >= 11 is 0. The van der Waals surface area contributed by atoms with E-state index in [-0.39, 0.29) is 6.54 Å². The second-order valence-corrected chi connectivity index (χ2v) is 9.98. The summed E-state index contributed by atoms with van der Waals surface area (Å²) in [6.45, 7) is 1.72. The van der Waals surface area contributed by atoms with Gasteiger partial charge in [0.05, 0.1) is 11.9 Å². The first-order chi connectivity index (χ1) is 18.0. The maximum absolute atomic E-state index is 13.2. The van der Waals surface area contributed by atoms with E-state index >= 15 is 0 Å². The second-order valence-electron chi connectivity index (χ2n) is 9.98. The number of benzene rings is 2. The maximum Gasteiger partial charge on any atom is 0.416 e. The summed E-state index contributed by atoms with van der Waals surface area (Å²) in [5.41, 5.74) is 3.91. The molecule has 0 radical (unpaired) electrons. The third-order valence-electron chi connectivity index (χ3n) is 7.51. The molecule has 6 nitrogen and oxygen atoms in total. The van der Waals surface area contributed by atoms with Crippen molar-refractivity contribution in [1.82, 2.24) is 19.5 Å². The molecule has 1 fully saturated rings. The minimum absolute atomic E-state index is 0.203. The normalized spacial score (nSPS) is 16.7. The van der Waals surface area contributed by atoms with Crippen molar-refractivity contribution in [3.63, 3.8) is 0 Å². The highest BCUT2D eigenvalue weighted by atomic mass is 19.4. The van der Waals surface area contributed by atoms with Crippen molar-refractivity contribution >= 4 is 22.9 Å². The van der Waals surface area contributed by atoms with E-state index < -0.39 is 11.7 Å². The number of nitrogens with zero attached hydrogens (tertiary/aromatic N) is 5. The molecule has 0 spiro atoms. The Hall–Kier alpha value is -3.62. The zero-order valence-corrected chi connectivity index (χ0v) is 20.5. The van der Waals surface area contributed by atoms with E-state index in [1.807, 2.05) is 12.4 Å². The molecule has 2 aliphatic rings. The minimum atomic E-state index is -4.38. The summed E-state index contributed by atoms with van der Waals surface area (Å²) in [5, 5.41) is 3.28. The molecule has 9 heteroatoms. The molecule has 2 aromatic carbocycles. The number of anilines is 2. The number of halogens is 3. The van der Waals surface area contributed by atoms with Crippen molar-refractivity contribution in [2.45, 2.75) is 63.8 Å². The second kappa shape index (κ2) is 9.68. The third-order valence-corrected chi connectivity index (χ3v) is 7.51. The maximum atomic E-state index is 13.2. The fraction of sp³-hybridized carbons (Fsp3) is 0.393. The van der Waals surface area contributed by atoms with Crippen LogP contribution in [-0.4, -0.2) is 26.1 Å². The predicted molar refractivity (Wildman–Crippen MR) is 137 cm³/mol. The molecular formula is C28H29F3N6. The standard InChI is InChI=1S/C28H29F3N6/c29-28(30,31)22-10-6-7-19(15-22)16-32-25-24-26(37(18-33-24)23-11-2-1-3-12-23)35-27(34-25)36-14-13-20-8-4-5-9-21(20)17-36/h4-10,15,18,23H,1-3,11-14,16-17H2,(H,32,34,35). The van der Waals surface area contributed by atoms with E-state index in [1.165, 1.54) is 42.5 Å². The zero-order chi connectivity index (χ0) is 25.4. The number of hydrogen-bond donors (Lipinski definition) is 1. The molecule has 3 heterocycles. The Balaban J connectivity index is 1.35. The SMILES string of the molecule is FC(F)(F)c1cccc(CNc2nc(N3CCc4ccccc4C3)nc3c2ncn3C2CCCCC2)c1. The van der Waals surface area contributed by atoms with E-state index in [9.17, 15) is 13.2 Å². The number of imidazole rings is 1. The van der Waals surface area contributed by atoms with Crippen LogP contribution in [0.4, 0.5) is 24.9 Å². The smallest absolute Gasteiger partial charge is 0.364 e. The van der Waals surface area contributed by atoms with Gasteiger partial charge in [-0.05, 0) is 48.1 Å². The van der Waals surface area contributed by atoms with Gasteiger partial charge in [-0.2, -0.15) is 23.1 Å². The fourth-order valence-electron chi connectivity index (χ4n) is 5.51. The largest absolute Gasteiger partial charge is 0.416 e. The van der Waals surface area contributed by atoms with Gasteiger partial charge in [0.15, 0.2) is 17.0 Å². The summed E-state index contributed by atoms with van der Waals surface area (Å²) < 4.78 is 41.8. The summed E-state index contributed by atoms with van der Waals surface area (Å²) in [7, 11) is 0. The quantitative estimate of drug-likeness (QED) is 0.334. The van der Waals surface area contributed by atoms with Gasteiger partial charge < -0.3 is 14.8 Å². The highest BCUT2D eigenvalue weighted by molar-refractivity contribution is 5.84. The molecular weight excluding hydrogens is 477 g/mol. The average Bonchev–Trinajstić information content (AvgIpc) is 3.36. The first-order valence-electron chi connectivity index (χ1n) is 12.9. The van der Waals surface area contributed by atoms with Crippen molar-refractivity contribution in [2.75, 3.05) is 16.8 Å². The van der Waals surface area contributed by atoms with Crippen LogP contribution in [0.3, 0.4) is 0 Å². The molecule has 192 valence electrons. The monoisotopic (exact) mass is 506 g/mol. The van der Waals surface area contributed by atoms with Gasteiger partial charge in [-0.3, -0.25) is 0 Å². The van der Waals surface area contributed by atoms with Crippen LogP contribution < -0.4 is 10.2 Å². The van der Waals surface area contributed by atoms with E-state index in [4.69, 9.17) is 9.97 Å². The Bertz CT molecular complexity index is 1410. The molecule has 1 N–H and O–H groups in total. The third kappa shape index (κ3) is 4.86. The molecule has 37 heavy (non-hydrogen) atoms. The van der Waals surface area contributed by atoms with Crippen LogP contribution in [0.25, 0.3) is 11.2 Å². The fourth-order valence-corrected chi connectivity index (χ4v) is 5.51. The van der Waals surface area contributed by atoms with Crippen LogP contribution in [0, 0.1) is 0 Å². The molecule has 1 aliphatic heterocycles. The lowest BCUT2D eigenvalue weighted by Crippen LogP contribution is -2.32. The van der Waals surface area contributed by atoms with Crippen LogP contribution >= 0.6 is 0 Å². The Morgan fingerprint density at radius 3 is 2.57 bits per heavy atom. The lowest BCUT2D eigenvalue weighted by Gasteiger charge is -2.29. The van der Waals surface area contributed by atoms with E-state index in [0.717, 1.165) is 37.5 Å². The van der Waals surface area contributed by atoms with E-state index in [1.54, 1.807) is 6.07 Å². The zero-order valence-electron chi connectivity index (χ0n) is 20.5.